The Labute approximate surface area is 128 Å². The number of hydrogen-bond acceptors (Lipinski definition) is 5. The number of halogens is 1. The Morgan fingerprint density at radius 1 is 1.48 bits per heavy atom. The zero-order valence-electron chi connectivity index (χ0n) is 11.7. The van der Waals surface area contributed by atoms with Gasteiger partial charge in [0.25, 0.3) is 5.69 Å². The molecule has 0 aliphatic carbocycles. The third-order valence-corrected chi connectivity index (χ3v) is 5.92. The number of nitrogens with one attached hydrogen (secondary N) is 1. The lowest BCUT2D eigenvalue weighted by atomic mass is 10.2. The highest BCUT2D eigenvalue weighted by atomic mass is 35.5. The summed E-state index contributed by atoms with van der Waals surface area (Å²) in [5.74, 6) is 0. The fraction of sp³-hybridized carbons (Fsp3) is 0.500. The van der Waals surface area contributed by atoms with Crippen molar-refractivity contribution in [2.24, 2.45) is 0 Å². The van der Waals surface area contributed by atoms with Crippen molar-refractivity contribution in [1.82, 2.24) is 9.62 Å². The summed E-state index contributed by atoms with van der Waals surface area (Å²) in [6.45, 7) is 2.22. The number of likely N-dealkylation sites (N-methyl/N-ethyl adjacent to an activating group) is 1. The smallest absolute Gasteiger partial charge is 0.275 e. The summed E-state index contributed by atoms with van der Waals surface area (Å²) in [4.78, 5) is 10.2. The Morgan fingerprint density at radius 3 is 2.67 bits per heavy atom. The van der Waals surface area contributed by atoms with E-state index in [-0.39, 0.29) is 27.2 Å². The predicted octanol–water partition coefficient (Wildman–Crippen LogP) is 1.54. The highest BCUT2D eigenvalue weighted by molar-refractivity contribution is 7.89. The summed E-state index contributed by atoms with van der Waals surface area (Å²) >= 11 is 5.93. The van der Waals surface area contributed by atoms with E-state index in [1.807, 2.05) is 0 Å². The van der Waals surface area contributed by atoms with Crippen molar-refractivity contribution in [2.45, 2.75) is 24.3 Å². The summed E-state index contributed by atoms with van der Waals surface area (Å²) in [5.41, 5.74) is -0.0272. The quantitative estimate of drug-likeness (QED) is 0.666. The van der Waals surface area contributed by atoms with Crippen LogP contribution in [0.15, 0.2) is 17.0 Å². The van der Waals surface area contributed by atoms with Gasteiger partial charge in [-0.25, -0.2) is 8.42 Å². The van der Waals surface area contributed by atoms with E-state index in [4.69, 9.17) is 11.6 Å². The second-order valence-corrected chi connectivity index (χ2v) is 7.29. The first-order chi connectivity index (χ1) is 9.77. The van der Waals surface area contributed by atoms with E-state index < -0.39 is 14.9 Å². The van der Waals surface area contributed by atoms with Gasteiger partial charge in [-0.1, -0.05) is 11.6 Å². The molecule has 1 N–H and O–H groups in total. The second-order valence-electron chi connectivity index (χ2n) is 4.94. The fourth-order valence-electron chi connectivity index (χ4n) is 2.31. The minimum atomic E-state index is -3.77. The van der Waals surface area contributed by atoms with Crippen LogP contribution in [0.1, 0.15) is 12.0 Å². The lowest BCUT2D eigenvalue weighted by Crippen LogP contribution is -2.33. The normalized spacial score (nSPS) is 19.9. The van der Waals surface area contributed by atoms with Crippen LogP contribution >= 0.6 is 11.6 Å². The van der Waals surface area contributed by atoms with Gasteiger partial charge in [0.1, 0.15) is 0 Å². The third-order valence-electron chi connectivity index (χ3n) is 3.68. The van der Waals surface area contributed by atoms with Crippen molar-refractivity contribution in [3.63, 3.8) is 0 Å². The Hall–Kier alpha value is -1.22. The van der Waals surface area contributed by atoms with Gasteiger partial charge >= 0.3 is 0 Å². The lowest BCUT2D eigenvalue weighted by molar-refractivity contribution is -0.385. The fourth-order valence-corrected chi connectivity index (χ4v) is 4.14. The monoisotopic (exact) mass is 333 g/mol. The van der Waals surface area contributed by atoms with E-state index in [1.165, 1.54) is 17.3 Å². The minimum Gasteiger partial charge on any atom is -0.316 e. The number of benzene rings is 1. The van der Waals surface area contributed by atoms with Crippen molar-refractivity contribution in [3.05, 3.63) is 32.8 Å². The molecule has 0 bridgehead atoms. The average Bonchev–Trinajstić information content (AvgIpc) is 2.90. The molecule has 0 radical (unpaired) electrons. The first-order valence-corrected chi connectivity index (χ1v) is 8.21. The zero-order chi connectivity index (χ0) is 15.8. The van der Waals surface area contributed by atoms with Crippen LogP contribution in [0.3, 0.4) is 0 Å². The van der Waals surface area contributed by atoms with Crippen LogP contribution in [-0.4, -0.2) is 43.8 Å². The zero-order valence-corrected chi connectivity index (χ0v) is 13.2. The van der Waals surface area contributed by atoms with Gasteiger partial charge in [0.05, 0.1) is 14.8 Å². The Morgan fingerprint density at radius 2 is 2.14 bits per heavy atom. The molecule has 1 aromatic carbocycles. The molecule has 1 heterocycles. The van der Waals surface area contributed by atoms with Crippen molar-refractivity contribution in [2.75, 3.05) is 20.1 Å². The molecule has 0 spiro atoms. The van der Waals surface area contributed by atoms with Crippen LogP contribution in [0.4, 0.5) is 5.69 Å². The Balaban J connectivity index is 2.44. The number of hydrogen-bond donors (Lipinski definition) is 1. The summed E-state index contributed by atoms with van der Waals surface area (Å²) < 4.78 is 26.4. The third kappa shape index (κ3) is 3.03. The van der Waals surface area contributed by atoms with Crippen LogP contribution in [0.5, 0.6) is 0 Å². The van der Waals surface area contributed by atoms with Crippen LogP contribution < -0.4 is 5.32 Å². The molecule has 0 amide bonds. The maximum Gasteiger partial charge on any atom is 0.275 e. The summed E-state index contributed by atoms with van der Waals surface area (Å²) in [7, 11) is -2.00. The van der Waals surface area contributed by atoms with Gasteiger partial charge in [0.2, 0.25) is 10.0 Å². The SMILES string of the molecule is CNC1CCN(S(=O)(=O)c2cc(Cl)c(C)c([N+](=O)[O-])c2)C1. The molecule has 1 fully saturated rings. The molecular weight excluding hydrogens is 318 g/mol. The Kier molecular flexibility index (Phi) is 4.52. The minimum absolute atomic E-state index is 0.0761. The van der Waals surface area contributed by atoms with Gasteiger partial charge in [-0.2, -0.15) is 4.31 Å². The van der Waals surface area contributed by atoms with Gasteiger partial charge in [-0.3, -0.25) is 10.1 Å². The van der Waals surface area contributed by atoms with Gasteiger partial charge in [-0.15, -0.1) is 0 Å². The summed E-state index contributed by atoms with van der Waals surface area (Å²) in [5, 5.41) is 14.1. The number of sulfonamides is 1. The van der Waals surface area contributed by atoms with Gasteiger partial charge in [0.15, 0.2) is 0 Å². The van der Waals surface area contributed by atoms with E-state index in [0.717, 1.165) is 6.07 Å². The van der Waals surface area contributed by atoms with Crippen molar-refractivity contribution >= 4 is 27.3 Å². The molecule has 9 heteroatoms. The molecule has 2 rings (SSSR count). The first kappa shape index (κ1) is 16.2. The maximum absolute atomic E-state index is 12.6. The molecule has 0 saturated carbocycles. The number of rotatable bonds is 4. The number of nitrogens with zero attached hydrogens (tertiary/aromatic N) is 2. The Bertz CT molecular complexity index is 677. The predicted molar refractivity (Wildman–Crippen MR) is 79.1 cm³/mol. The van der Waals surface area contributed by atoms with E-state index in [9.17, 15) is 18.5 Å². The molecule has 21 heavy (non-hydrogen) atoms. The molecular formula is C12H16ClN3O4S. The van der Waals surface area contributed by atoms with Crippen LogP contribution in [0.25, 0.3) is 0 Å². The molecule has 1 unspecified atom stereocenters. The highest BCUT2D eigenvalue weighted by Gasteiger charge is 2.33. The van der Waals surface area contributed by atoms with Crippen LogP contribution in [0.2, 0.25) is 5.02 Å². The number of nitro benzene ring substituents is 1. The molecule has 116 valence electrons. The van der Waals surface area contributed by atoms with E-state index in [2.05, 4.69) is 5.32 Å². The summed E-state index contributed by atoms with van der Waals surface area (Å²) in [6.07, 6.45) is 0.706. The molecule has 1 aromatic rings. The van der Waals surface area contributed by atoms with Crippen molar-refractivity contribution in [1.29, 1.82) is 0 Å². The van der Waals surface area contributed by atoms with Crippen molar-refractivity contribution < 1.29 is 13.3 Å². The van der Waals surface area contributed by atoms with Gasteiger partial charge < -0.3 is 5.32 Å². The second kappa shape index (κ2) is 5.88. The van der Waals surface area contributed by atoms with Gasteiger partial charge in [-0.05, 0) is 26.5 Å². The highest BCUT2D eigenvalue weighted by Crippen LogP contribution is 2.31. The van der Waals surface area contributed by atoms with E-state index in [0.29, 0.717) is 19.5 Å². The van der Waals surface area contributed by atoms with E-state index >= 15 is 0 Å². The lowest BCUT2D eigenvalue weighted by Gasteiger charge is -2.17. The molecule has 1 aliphatic rings. The largest absolute Gasteiger partial charge is 0.316 e. The standard InChI is InChI=1S/C12H16ClN3O4S/c1-8-11(13)5-10(6-12(8)16(17)18)21(19,20)15-4-3-9(7-15)14-2/h5-6,9,14H,3-4,7H2,1-2H3. The average molecular weight is 334 g/mol. The summed E-state index contributed by atoms with van der Waals surface area (Å²) in [6, 6.07) is 2.44. The van der Waals surface area contributed by atoms with Crippen molar-refractivity contribution in [3.8, 4) is 0 Å². The van der Waals surface area contributed by atoms with Crippen LogP contribution in [0, 0.1) is 17.0 Å². The molecule has 1 atom stereocenters. The topological polar surface area (TPSA) is 92.6 Å². The van der Waals surface area contributed by atoms with Gasteiger partial charge in [0, 0.05) is 30.8 Å². The molecule has 1 aliphatic heterocycles. The molecule has 1 saturated heterocycles. The first-order valence-electron chi connectivity index (χ1n) is 6.39. The number of nitro groups is 1. The van der Waals surface area contributed by atoms with Crippen LogP contribution in [-0.2, 0) is 10.0 Å². The maximum atomic E-state index is 12.6. The van der Waals surface area contributed by atoms with E-state index in [1.54, 1.807) is 7.05 Å². The molecule has 7 nitrogen and oxygen atoms in total. The molecule has 0 aromatic heterocycles.